The Hall–Kier alpha value is -3.53. The van der Waals surface area contributed by atoms with E-state index in [4.69, 9.17) is 0 Å². The highest BCUT2D eigenvalue weighted by Gasteiger charge is 2.18. The molecule has 6 heteroatoms. The van der Waals surface area contributed by atoms with Gasteiger partial charge in [-0.1, -0.05) is 35.7 Å². The summed E-state index contributed by atoms with van der Waals surface area (Å²) in [5.74, 6) is 5.83. The molecule has 158 valence electrons. The van der Waals surface area contributed by atoms with Crippen molar-refractivity contribution in [1.29, 1.82) is 0 Å². The van der Waals surface area contributed by atoms with Crippen LogP contribution in [0, 0.1) is 25.7 Å². The van der Waals surface area contributed by atoms with E-state index in [1.165, 1.54) is 29.6 Å². The number of nitrogens with one attached hydrogen (secondary N) is 1. The predicted octanol–water partition coefficient (Wildman–Crippen LogP) is 6.34. The standard InChI is InChI=1S/C26H20N2O2S2/c1-16-4-11-22(17(2)12-16)26(30)28-23-13-24(32-25(23)18(3)29)20-8-5-19(6-9-20)7-10-21-14-31-15-27-21/h4-6,8-9,11-15H,1-3H3,(H,28,30). The summed E-state index contributed by atoms with van der Waals surface area (Å²) < 4.78 is 0. The second kappa shape index (κ2) is 9.31. The molecule has 0 aliphatic carbocycles. The van der Waals surface area contributed by atoms with Crippen LogP contribution >= 0.6 is 22.7 Å². The van der Waals surface area contributed by atoms with Gasteiger partial charge in [0, 0.05) is 28.3 Å². The zero-order chi connectivity index (χ0) is 22.7. The first-order chi connectivity index (χ1) is 15.4. The smallest absolute Gasteiger partial charge is 0.255 e. The van der Waals surface area contributed by atoms with Gasteiger partial charge < -0.3 is 5.32 Å². The quantitative estimate of drug-likeness (QED) is 0.288. The van der Waals surface area contributed by atoms with Crippen LogP contribution in [0.1, 0.15) is 49.3 Å². The number of benzene rings is 2. The minimum absolute atomic E-state index is 0.0806. The maximum Gasteiger partial charge on any atom is 0.255 e. The van der Waals surface area contributed by atoms with E-state index in [0.717, 1.165) is 32.8 Å². The summed E-state index contributed by atoms with van der Waals surface area (Å²) in [6.07, 6.45) is 0. The lowest BCUT2D eigenvalue weighted by molar-refractivity contribution is 0.102. The largest absolute Gasteiger partial charge is 0.321 e. The molecule has 0 saturated heterocycles. The van der Waals surface area contributed by atoms with E-state index >= 15 is 0 Å². The van der Waals surface area contributed by atoms with Gasteiger partial charge >= 0.3 is 0 Å². The average molecular weight is 457 g/mol. The number of aromatic nitrogens is 1. The number of anilines is 1. The molecule has 2 aromatic heterocycles. The summed E-state index contributed by atoms with van der Waals surface area (Å²) in [5, 5.41) is 4.84. The normalized spacial score (nSPS) is 10.3. The number of hydrogen-bond donors (Lipinski definition) is 1. The Kier molecular flexibility index (Phi) is 6.31. The number of thiazole rings is 1. The van der Waals surface area contributed by atoms with Crippen molar-refractivity contribution in [2.24, 2.45) is 0 Å². The number of Topliss-reactive ketones (excluding diaryl/α,β-unsaturated/α-hetero) is 1. The molecular weight excluding hydrogens is 436 g/mol. The number of amides is 1. The molecule has 4 aromatic rings. The molecule has 0 unspecified atom stereocenters. The Morgan fingerprint density at radius 1 is 1.00 bits per heavy atom. The van der Waals surface area contributed by atoms with E-state index in [1.54, 1.807) is 5.51 Å². The number of thiophene rings is 1. The van der Waals surface area contributed by atoms with E-state index in [-0.39, 0.29) is 11.7 Å². The van der Waals surface area contributed by atoms with E-state index in [9.17, 15) is 9.59 Å². The predicted molar refractivity (Wildman–Crippen MR) is 132 cm³/mol. The summed E-state index contributed by atoms with van der Waals surface area (Å²) in [5.41, 5.74) is 7.49. The number of nitrogens with zero attached hydrogens (tertiary/aromatic N) is 1. The van der Waals surface area contributed by atoms with Gasteiger partial charge in [0.25, 0.3) is 5.91 Å². The zero-order valence-corrected chi connectivity index (χ0v) is 19.5. The molecule has 2 heterocycles. The summed E-state index contributed by atoms with van der Waals surface area (Å²) in [6.45, 7) is 5.41. The van der Waals surface area contributed by atoms with Crippen LogP contribution in [0.25, 0.3) is 10.4 Å². The second-order valence-corrected chi connectivity index (χ2v) is 9.15. The van der Waals surface area contributed by atoms with Gasteiger partial charge in [0.2, 0.25) is 0 Å². The molecule has 0 spiro atoms. The molecule has 0 atom stereocenters. The molecule has 0 saturated carbocycles. The Morgan fingerprint density at radius 2 is 1.78 bits per heavy atom. The molecule has 0 aliphatic heterocycles. The van der Waals surface area contributed by atoms with Crippen molar-refractivity contribution in [3.05, 3.63) is 92.2 Å². The molecule has 1 N–H and O–H groups in total. The number of carbonyl (C=O) groups excluding carboxylic acids is 2. The first kappa shape index (κ1) is 21.7. The van der Waals surface area contributed by atoms with E-state index in [1.807, 2.05) is 67.8 Å². The number of ketones is 1. The summed E-state index contributed by atoms with van der Waals surface area (Å²) in [6, 6.07) is 15.4. The number of aryl methyl sites for hydroxylation is 2. The van der Waals surface area contributed by atoms with Gasteiger partial charge in [0.05, 0.1) is 16.1 Å². The first-order valence-electron chi connectivity index (χ1n) is 9.95. The average Bonchev–Trinajstić information content (AvgIpc) is 3.42. The fourth-order valence-corrected chi connectivity index (χ4v) is 4.77. The monoisotopic (exact) mass is 456 g/mol. The van der Waals surface area contributed by atoms with E-state index < -0.39 is 0 Å². The molecule has 0 radical (unpaired) electrons. The van der Waals surface area contributed by atoms with Crippen molar-refractivity contribution in [1.82, 2.24) is 4.98 Å². The molecule has 0 bridgehead atoms. The van der Waals surface area contributed by atoms with Crippen LogP contribution in [0.2, 0.25) is 0 Å². The van der Waals surface area contributed by atoms with Crippen molar-refractivity contribution in [2.75, 3.05) is 5.32 Å². The minimum atomic E-state index is -0.220. The lowest BCUT2D eigenvalue weighted by Crippen LogP contribution is -2.14. The van der Waals surface area contributed by atoms with Crippen molar-refractivity contribution in [3.63, 3.8) is 0 Å². The highest BCUT2D eigenvalue weighted by molar-refractivity contribution is 7.18. The van der Waals surface area contributed by atoms with Crippen LogP contribution in [0.4, 0.5) is 5.69 Å². The van der Waals surface area contributed by atoms with Gasteiger partial charge in [0.15, 0.2) is 5.78 Å². The van der Waals surface area contributed by atoms with Crippen molar-refractivity contribution in [2.45, 2.75) is 20.8 Å². The molecule has 1 amide bonds. The highest BCUT2D eigenvalue weighted by Crippen LogP contribution is 2.35. The zero-order valence-electron chi connectivity index (χ0n) is 17.9. The Morgan fingerprint density at radius 3 is 2.44 bits per heavy atom. The fraction of sp³-hybridized carbons (Fsp3) is 0.115. The second-order valence-electron chi connectivity index (χ2n) is 7.38. The Balaban J connectivity index is 1.59. The molecule has 2 aromatic carbocycles. The van der Waals surface area contributed by atoms with Crippen LogP contribution in [0.15, 0.2) is 59.4 Å². The van der Waals surface area contributed by atoms with Crippen LogP contribution in [0.5, 0.6) is 0 Å². The number of hydrogen-bond acceptors (Lipinski definition) is 5. The third-order valence-corrected chi connectivity index (χ3v) is 6.73. The number of rotatable bonds is 4. The maximum atomic E-state index is 12.8. The molecule has 32 heavy (non-hydrogen) atoms. The first-order valence-corrected chi connectivity index (χ1v) is 11.7. The molecular formula is C26H20N2O2S2. The minimum Gasteiger partial charge on any atom is -0.321 e. The molecule has 0 fully saturated rings. The Labute approximate surface area is 195 Å². The molecule has 4 rings (SSSR count). The maximum absolute atomic E-state index is 12.8. The van der Waals surface area contributed by atoms with Crippen molar-refractivity contribution < 1.29 is 9.59 Å². The Bertz CT molecular complexity index is 1360. The molecule has 0 aliphatic rings. The van der Waals surface area contributed by atoms with Crippen LogP contribution < -0.4 is 5.32 Å². The lowest BCUT2D eigenvalue weighted by atomic mass is 10.1. The van der Waals surface area contributed by atoms with Crippen molar-refractivity contribution in [3.8, 4) is 22.3 Å². The lowest BCUT2D eigenvalue weighted by Gasteiger charge is -2.08. The third-order valence-electron chi connectivity index (χ3n) is 4.86. The van der Waals surface area contributed by atoms with E-state index in [2.05, 4.69) is 22.1 Å². The number of carbonyl (C=O) groups is 2. The summed E-state index contributed by atoms with van der Waals surface area (Å²) >= 11 is 2.89. The third kappa shape index (κ3) is 4.86. The fourth-order valence-electron chi connectivity index (χ4n) is 3.27. The van der Waals surface area contributed by atoms with Gasteiger partial charge in [0.1, 0.15) is 5.69 Å². The summed E-state index contributed by atoms with van der Waals surface area (Å²) in [7, 11) is 0. The van der Waals surface area contributed by atoms with Gasteiger partial charge in [-0.3, -0.25) is 9.59 Å². The van der Waals surface area contributed by atoms with Crippen LogP contribution in [0.3, 0.4) is 0 Å². The van der Waals surface area contributed by atoms with Gasteiger partial charge in [-0.15, -0.1) is 22.7 Å². The van der Waals surface area contributed by atoms with Crippen LogP contribution in [-0.2, 0) is 0 Å². The van der Waals surface area contributed by atoms with Gasteiger partial charge in [-0.05, 0) is 55.2 Å². The SMILES string of the molecule is CC(=O)c1sc(-c2ccc(C#Cc3cscn3)cc2)cc1NC(=O)c1ccc(C)cc1C. The molecule has 4 nitrogen and oxygen atoms in total. The van der Waals surface area contributed by atoms with Gasteiger partial charge in [-0.2, -0.15) is 0 Å². The topological polar surface area (TPSA) is 59.1 Å². The van der Waals surface area contributed by atoms with Crippen LogP contribution in [-0.4, -0.2) is 16.7 Å². The summed E-state index contributed by atoms with van der Waals surface area (Å²) in [4.78, 5) is 30.7. The van der Waals surface area contributed by atoms with Crippen molar-refractivity contribution >= 4 is 40.1 Å². The van der Waals surface area contributed by atoms with E-state index in [0.29, 0.717) is 16.1 Å². The van der Waals surface area contributed by atoms with Gasteiger partial charge in [-0.25, -0.2) is 4.98 Å². The highest BCUT2D eigenvalue weighted by atomic mass is 32.1.